The third-order valence-electron chi connectivity index (χ3n) is 5.98. The lowest BCUT2D eigenvalue weighted by molar-refractivity contribution is -0.383. The van der Waals surface area contributed by atoms with E-state index in [1.165, 1.54) is 0 Å². The van der Waals surface area contributed by atoms with Crippen LogP contribution in [0.2, 0.25) is 0 Å². The molecule has 0 saturated carbocycles. The van der Waals surface area contributed by atoms with Crippen molar-refractivity contribution in [2.75, 3.05) is 19.8 Å². The predicted molar refractivity (Wildman–Crippen MR) is 139 cm³/mol. The summed E-state index contributed by atoms with van der Waals surface area (Å²) >= 11 is 0. The van der Waals surface area contributed by atoms with Gasteiger partial charge in [-0.1, -0.05) is 32.9 Å². The smallest absolute Gasteiger partial charge is 0.330 e. The van der Waals surface area contributed by atoms with E-state index in [2.05, 4.69) is 32.9 Å². The number of aliphatic hydroxyl groups is 3. The standard InChI is InChI=1S/C27H32O16/c1-6-16(29)36-12-15-23(39-18(31)8-3)25(41-20(33)10-5)27(42-15,13-37-17(30)7-2)43-26-24(40-19(32)9-4)22(35)21(34)14(11-28)38-26/h6-10,14-15,21-26,28,34-35H,1-5,11-13H2/t14-,15-,21-,22+,23-,24-,25+,26-,27+/m1/s1. The predicted octanol–water partition coefficient (Wildman–Crippen LogP) is -1.71. The summed E-state index contributed by atoms with van der Waals surface area (Å²) in [5, 5.41) is 30.8. The van der Waals surface area contributed by atoms with Gasteiger partial charge in [0, 0.05) is 30.4 Å². The van der Waals surface area contributed by atoms with Gasteiger partial charge in [0.25, 0.3) is 0 Å². The van der Waals surface area contributed by atoms with Crippen molar-refractivity contribution in [1.29, 1.82) is 0 Å². The highest BCUT2D eigenvalue weighted by Gasteiger charge is 2.64. The molecule has 0 radical (unpaired) electrons. The van der Waals surface area contributed by atoms with Crippen LogP contribution in [-0.2, 0) is 61.9 Å². The van der Waals surface area contributed by atoms with Gasteiger partial charge in [0.15, 0.2) is 18.3 Å². The molecule has 3 N–H and O–H groups in total. The summed E-state index contributed by atoms with van der Waals surface area (Å²) in [5.74, 6) is -7.80. The van der Waals surface area contributed by atoms with Gasteiger partial charge in [-0.3, -0.25) is 0 Å². The van der Waals surface area contributed by atoms with E-state index in [4.69, 9.17) is 37.9 Å². The van der Waals surface area contributed by atoms with Gasteiger partial charge >= 0.3 is 29.8 Å². The maximum absolute atomic E-state index is 12.5. The Morgan fingerprint density at radius 2 is 1.21 bits per heavy atom. The van der Waals surface area contributed by atoms with Crippen molar-refractivity contribution in [3.05, 3.63) is 63.3 Å². The molecule has 0 aliphatic carbocycles. The summed E-state index contributed by atoms with van der Waals surface area (Å²) in [7, 11) is 0. The second-order valence-corrected chi connectivity index (χ2v) is 8.71. The first-order valence-electron chi connectivity index (χ1n) is 12.5. The van der Waals surface area contributed by atoms with Crippen LogP contribution in [0.4, 0.5) is 0 Å². The van der Waals surface area contributed by atoms with Crippen LogP contribution < -0.4 is 0 Å². The number of hydrogen-bond acceptors (Lipinski definition) is 16. The van der Waals surface area contributed by atoms with Crippen LogP contribution in [0.5, 0.6) is 0 Å². The SMILES string of the molecule is C=CC(=O)OC[C@H]1O[C@@](COC(=O)C=C)(O[C@H]2O[C@H](CO)[C@@H](O)[C@H](O)[C@H]2OC(=O)C=C)[C@@H](OC(=O)C=C)[C@@H]1OC(=O)C=C. The summed E-state index contributed by atoms with van der Waals surface area (Å²) in [6.45, 7) is 13.9. The van der Waals surface area contributed by atoms with Gasteiger partial charge in [0.05, 0.1) is 6.61 Å². The summed E-state index contributed by atoms with van der Waals surface area (Å²) in [4.78, 5) is 60.7. The molecule has 0 aromatic carbocycles. The summed E-state index contributed by atoms with van der Waals surface area (Å²) in [5.41, 5.74) is 0. The molecule has 43 heavy (non-hydrogen) atoms. The molecule has 0 aromatic rings. The Morgan fingerprint density at radius 3 is 1.74 bits per heavy atom. The summed E-state index contributed by atoms with van der Waals surface area (Å²) in [6, 6.07) is 0. The largest absolute Gasteiger partial charge is 0.460 e. The number of carbonyl (C=O) groups excluding carboxylic acids is 5. The fourth-order valence-electron chi connectivity index (χ4n) is 3.97. The van der Waals surface area contributed by atoms with Crippen molar-refractivity contribution in [3.63, 3.8) is 0 Å². The lowest BCUT2D eigenvalue weighted by Gasteiger charge is -2.44. The average molecular weight is 613 g/mol. The number of rotatable bonds is 15. The Balaban J connectivity index is 2.71. The second kappa shape index (κ2) is 15.9. The van der Waals surface area contributed by atoms with Gasteiger partial charge in [0.1, 0.15) is 37.6 Å². The maximum Gasteiger partial charge on any atom is 0.330 e. The monoisotopic (exact) mass is 612 g/mol. The maximum atomic E-state index is 12.5. The van der Waals surface area contributed by atoms with E-state index >= 15 is 0 Å². The van der Waals surface area contributed by atoms with Crippen LogP contribution in [-0.4, -0.2) is 120 Å². The van der Waals surface area contributed by atoms with Crippen molar-refractivity contribution in [2.24, 2.45) is 0 Å². The van der Waals surface area contributed by atoms with Gasteiger partial charge in [-0.2, -0.15) is 0 Å². The molecule has 9 atom stereocenters. The molecule has 0 amide bonds. The zero-order valence-electron chi connectivity index (χ0n) is 22.8. The Hall–Kier alpha value is -4.19. The zero-order chi connectivity index (χ0) is 32.3. The van der Waals surface area contributed by atoms with Crippen LogP contribution in [0.15, 0.2) is 63.3 Å². The molecular formula is C27H32O16. The first-order chi connectivity index (χ1) is 20.4. The van der Waals surface area contributed by atoms with E-state index in [9.17, 15) is 39.3 Å². The minimum atomic E-state index is -2.56. The Labute approximate surface area is 245 Å². The molecule has 236 valence electrons. The first kappa shape index (κ1) is 35.0. The number of ether oxygens (including phenoxy) is 8. The van der Waals surface area contributed by atoms with Crippen molar-refractivity contribution in [1.82, 2.24) is 0 Å². The number of carbonyl (C=O) groups is 5. The van der Waals surface area contributed by atoms with Gasteiger partial charge in [-0.05, 0) is 0 Å². The molecule has 2 heterocycles. The lowest BCUT2D eigenvalue weighted by Crippen LogP contribution is -2.64. The van der Waals surface area contributed by atoms with E-state index < -0.39 is 104 Å². The lowest BCUT2D eigenvalue weighted by atomic mass is 9.98. The number of hydrogen-bond donors (Lipinski definition) is 3. The van der Waals surface area contributed by atoms with E-state index in [-0.39, 0.29) is 0 Å². The van der Waals surface area contributed by atoms with Gasteiger partial charge in [-0.15, -0.1) is 0 Å². The van der Waals surface area contributed by atoms with E-state index in [0.717, 1.165) is 30.4 Å². The van der Waals surface area contributed by atoms with E-state index in [1.54, 1.807) is 0 Å². The highest BCUT2D eigenvalue weighted by Crippen LogP contribution is 2.40. The van der Waals surface area contributed by atoms with E-state index in [0.29, 0.717) is 0 Å². The zero-order valence-corrected chi connectivity index (χ0v) is 22.8. The normalized spacial score (nSPS) is 31.4. The third-order valence-corrected chi connectivity index (χ3v) is 5.98. The summed E-state index contributed by atoms with van der Waals surface area (Å²) in [6.07, 6.45) is -10.4. The van der Waals surface area contributed by atoms with Crippen LogP contribution in [0.25, 0.3) is 0 Å². The van der Waals surface area contributed by atoms with Crippen molar-refractivity contribution >= 4 is 29.8 Å². The average Bonchev–Trinajstić information content (AvgIpc) is 3.28. The van der Waals surface area contributed by atoms with Crippen molar-refractivity contribution in [2.45, 2.75) is 54.8 Å². The number of aliphatic hydroxyl groups excluding tert-OH is 3. The Bertz CT molecular complexity index is 1120. The highest BCUT2D eigenvalue weighted by atomic mass is 16.8. The molecular weight excluding hydrogens is 580 g/mol. The number of esters is 5. The first-order valence-corrected chi connectivity index (χ1v) is 12.5. The Kier molecular flexibility index (Phi) is 12.9. The van der Waals surface area contributed by atoms with Crippen molar-refractivity contribution < 1.29 is 77.2 Å². The Morgan fingerprint density at radius 1 is 0.698 bits per heavy atom. The van der Waals surface area contributed by atoms with Gasteiger partial charge < -0.3 is 53.2 Å². The fourth-order valence-corrected chi connectivity index (χ4v) is 3.97. The third kappa shape index (κ3) is 8.66. The van der Waals surface area contributed by atoms with Gasteiger partial charge in [-0.25, -0.2) is 24.0 Å². The van der Waals surface area contributed by atoms with Crippen molar-refractivity contribution in [3.8, 4) is 0 Å². The minimum Gasteiger partial charge on any atom is -0.460 e. The van der Waals surface area contributed by atoms with Crippen LogP contribution >= 0.6 is 0 Å². The molecule has 2 aliphatic heterocycles. The highest BCUT2D eigenvalue weighted by molar-refractivity contribution is 5.83. The second-order valence-electron chi connectivity index (χ2n) is 8.71. The fraction of sp³-hybridized carbons (Fsp3) is 0.444. The summed E-state index contributed by atoms with van der Waals surface area (Å²) < 4.78 is 43.5. The molecule has 0 aromatic heterocycles. The molecule has 2 rings (SSSR count). The van der Waals surface area contributed by atoms with E-state index in [1.807, 2.05) is 0 Å². The quantitative estimate of drug-likeness (QED) is 0.106. The van der Waals surface area contributed by atoms with Gasteiger partial charge in [0.2, 0.25) is 12.1 Å². The minimum absolute atomic E-state index is 0.677. The molecule has 0 unspecified atom stereocenters. The van der Waals surface area contributed by atoms with Crippen LogP contribution in [0.1, 0.15) is 0 Å². The molecule has 0 bridgehead atoms. The topological polar surface area (TPSA) is 220 Å². The molecule has 16 nitrogen and oxygen atoms in total. The molecule has 2 saturated heterocycles. The van der Waals surface area contributed by atoms with Crippen LogP contribution in [0.3, 0.4) is 0 Å². The molecule has 2 fully saturated rings. The molecule has 2 aliphatic rings. The van der Waals surface area contributed by atoms with Crippen LogP contribution in [0, 0.1) is 0 Å². The molecule has 16 heteroatoms. The molecule has 0 spiro atoms.